The molecule has 4 heteroatoms. The molecule has 4 nitrogen and oxygen atoms in total. The Morgan fingerprint density at radius 2 is 1.96 bits per heavy atom. The van der Waals surface area contributed by atoms with E-state index in [2.05, 4.69) is 45.4 Å². The summed E-state index contributed by atoms with van der Waals surface area (Å²) in [4.78, 5) is 17.1. The number of carbonyl (C=O) groups is 1. The largest absolute Gasteiger partial charge is 0.356 e. The van der Waals surface area contributed by atoms with Crippen LogP contribution in [0.3, 0.4) is 0 Å². The van der Waals surface area contributed by atoms with Crippen LogP contribution in [0.15, 0.2) is 30.3 Å². The highest BCUT2D eigenvalue weighted by Crippen LogP contribution is 2.24. The maximum absolute atomic E-state index is 11.8. The van der Waals surface area contributed by atoms with Crippen molar-refractivity contribution < 1.29 is 4.79 Å². The van der Waals surface area contributed by atoms with E-state index < -0.39 is 0 Å². The van der Waals surface area contributed by atoms with Crippen molar-refractivity contribution in [1.29, 1.82) is 0 Å². The maximum atomic E-state index is 11.8. The molecule has 3 rings (SSSR count). The number of hydrogen-bond donors (Lipinski definition) is 1. The molecule has 2 unspecified atom stereocenters. The third-order valence-electron chi connectivity index (χ3n) is 5.65. The van der Waals surface area contributed by atoms with Crippen LogP contribution in [0.1, 0.15) is 38.7 Å². The third kappa shape index (κ3) is 5.29. The summed E-state index contributed by atoms with van der Waals surface area (Å²) in [6.45, 7) is 10.6. The molecule has 0 aliphatic carbocycles. The smallest absolute Gasteiger partial charge is 0.222 e. The molecule has 0 aromatic heterocycles. The Morgan fingerprint density at radius 3 is 2.72 bits per heavy atom. The van der Waals surface area contributed by atoms with Gasteiger partial charge in [-0.1, -0.05) is 44.2 Å². The van der Waals surface area contributed by atoms with Crippen LogP contribution in [-0.2, 0) is 11.3 Å². The van der Waals surface area contributed by atoms with Crippen molar-refractivity contribution in [3.63, 3.8) is 0 Å². The van der Waals surface area contributed by atoms with E-state index in [9.17, 15) is 4.79 Å². The topological polar surface area (TPSA) is 35.6 Å². The summed E-state index contributed by atoms with van der Waals surface area (Å²) >= 11 is 0. The Hall–Kier alpha value is -1.39. The number of benzene rings is 1. The van der Waals surface area contributed by atoms with Gasteiger partial charge in [0.05, 0.1) is 0 Å². The average molecular weight is 344 g/mol. The molecule has 0 spiro atoms. The monoisotopic (exact) mass is 343 g/mol. The minimum atomic E-state index is 0.0843. The van der Waals surface area contributed by atoms with E-state index in [1.165, 1.54) is 44.5 Å². The van der Waals surface area contributed by atoms with E-state index in [1.807, 2.05) is 13.8 Å². The lowest BCUT2D eigenvalue weighted by atomic mass is 9.96. The van der Waals surface area contributed by atoms with Crippen molar-refractivity contribution in [2.45, 2.75) is 45.7 Å². The molecule has 1 aromatic rings. The van der Waals surface area contributed by atoms with E-state index in [0.717, 1.165) is 19.6 Å². The van der Waals surface area contributed by atoms with Crippen molar-refractivity contribution in [2.75, 3.05) is 32.7 Å². The Kier molecular flexibility index (Phi) is 6.49. The molecule has 1 aromatic carbocycles. The number of hydrogen-bond acceptors (Lipinski definition) is 3. The summed E-state index contributed by atoms with van der Waals surface area (Å²) in [5, 5.41) is 3.13. The number of piperidine rings is 1. The standard InChI is InChI=1S/C21H33N3O/c1-17(2)21(25)22-13-19-9-6-11-24(15-19)20-10-12-23(16-20)14-18-7-4-3-5-8-18/h3-5,7-8,17,19-20H,6,9-16H2,1-2H3,(H,22,25). The summed E-state index contributed by atoms with van der Waals surface area (Å²) in [7, 11) is 0. The molecule has 2 fully saturated rings. The minimum absolute atomic E-state index is 0.0843. The van der Waals surface area contributed by atoms with Crippen LogP contribution >= 0.6 is 0 Å². The normalized spacial score (nSPS) is 25.4. The Balaban J connectivity index is 1.45. The van der Waals surface area contributed by atoms with Crippen LogP contribution in [0.4, 0.5) is 0 Å². The molecule has 2 atom stereocenters. The number of rotatable bonds is 6. The van der Waals surface area contributed by atoms with E-state index >= 15 is 0 Å². The van der Waals surface area contributed by atoms with Gasteiger partial charge in [-0.25, -0.2) is 0 Å². The first-order valence-electron chi connectivity index (χ1n) is 9.90. The zero-order valence-corrected chi connectivity index (χ0v) is 15.8. The molecule has 0 saturated carbocycles. The first kappa shape index (κ1) is 18.4. The quantitative estimate of drug-likeness (QED) is 0.863. The number of nitrogens with zero attached hydrogens (tertiary/aromatic N) is 2. The Morgan fingerprint density at radius 1 is 1.16 bits per heavy atom. The lowest BCUT2D eigenvalue weighted by molar-refractivity contribution is -0.124. The lowest BCUT2D eigenvalue weighted by Gasteiger charge is -2.37. The molecule has 25 heavy (non-hydrogen) atoms. The molecule has 2 aliphatic heterocycles. The molecule has 0 bridgehead atoms. The van der Waals surface area contributed by atoms with Crippen molar-refractivity contribution in [3.05, 3.63) is 35.9 Å². The second kappa shape index (κ2) is 8.81. The van der Waals surface area contributed by atoms with E-state index in [4.69, 9.17) is 0 Å². The highest BCUT2D eigenvalue weighted by Gasteiger charge is 2.31. The molecule has 2 aliphatic rings. The fourth-order valence-corrected chi connectivity index (χ4v) is 4.14. The van der Waals surface area contributed by atoms with Crippen molar-refractivity contribution in [1.82, 2.24) is 15.1 Å². The minimum Gasteiger partial charge on any atom is -0.356 e. The van der Waals surface area contributed by atoms with Crippen LogP contribution in [0, 0.1) is 11.8 Å². The zero-order valence-electron chi connectivity index (χ0n) is 15.8. The van der Waals surface area contributed by atoms with Crippen LogP contribution < -0.4 is 5.32 Å². The Bertz CT molecular complexity index is 545. The van der Waals surface area contributed by atoms with Crippen molar-refractivity contribution in [3.8, 4) is 0 Å². The molecule has 0 radical (unpaired) electrons. The number of likely N-dealkylation sites (tertiary alicyclic amines) is 2. The van der Waals surface area contributed by atoms with Gasteiger partial charge in [0.2, 0.25) is 5.91 Å². The van der Waals surface area contributed by atoms with Crippen molar-refractivity contribution in [2.24, 2.45) is 11.8 Å². The van der Waals surface area contributed by atoms with Gasteiger partial charge >= 0.3 is 0 Å². The fourth-order valence-electron chi connectivity index (χ4n) is 4.14. The Labute approximate surface area is 152 Å². The van der Waals surface area contributed by atoms with Gasteiger partial charge in [0.15, 0.2) is 0 Å². The van der Waals surface area contributed by atoms with Crippen LogP contribution in [0.2, 0.25) is 0 Å². The summed E-state index contributed by atoms with van der Waals surface area (Å²) in [6.07, 6.45) is 3.78. The molecule has 2 saturated heterocycles. The molecular weight excluding hydrogens is 310 g/mol. The SMILES string of the molecule is CC(C)C(=O)NCC1CCCN(C2CCN(Cc3ccccc3)C2)C1. The number of amides is 1. The molecule has 2 heterocycles. The molecule has 1 amide bonds. The summed E-state index contributed by atoms with van der Waals surface area (Å²) in [5.41, 5.74) is 1.41. The van der Waals surface area contributed by atoms with Crippen molar-refractivity contribution >= 4 is 5.91 Å². The summed E-state index contributed by atoms with van der Waals surface area (Å²) < 4.78 is 0. The molecule has 138 valence electrons. The first-order chi connectivity index (χ1) is 12.1. The average Bonchev–Trinajstić information content (AvgIpc) is 3.09. The lowest BCUT2D eigenvalue weighted by Crippen LogP contribution is -2.46. The summed E-state index contributed by atoms with van der Waals surface area (Å²) in [6, 6.07) is 11.5. The fraction of sp³-hybridized carbons (Fsp3) is 0.667. The van der Waals surface area contributed by atoms with Crippen LogP contribution in [0.25, 0.3) is 0 Å². The maximum Gasteiger partial charge on any atom is 0.222 e. The van der Waals surface area contributed by atoms with Gasteiger partial charge in [0.1, 0.15) is 0 Å². The number of carbonyl (C=O) groups excluding carboxylic acids is 1. The van der Waals surface area contributed by atoms with E-state index in [1.54, 1.807) is 0 Å². The van der Waals surface area contributed by atoms with E-state index in [0.29, 0.717) is 12.0 Å². The third-order valence-corrected chi connectivity index (χ3v) is 5.65. The van der Waals surface area contributed by atoms with Crippen LogP contribution in [-0.4, -0.2) is 54.5 Å². The highest BCUT2D eigenvalue weighted by molar-refractivity contribution is 5.77. The van der Waals surface area contributed by atoms with Gasteiger partial charge in [-0.3, -0.25) is 14.6 Å². The van der Waals surface area contributed by atoms with E-state index in [-0.39, 0.29) is 11.8 Å². The van der Waals surface area contributed by atoms with Gasteiger partial charge in [0, 0.05) is 44.7 Å². The number of nitrogens with one attached hydrogen (secondary N) is 1. The highest BCUT2D eigenvalue weighted by atomic mass is 16.1. The van der Waals surface area contributed by atoms with Gasteiger partial charge in [0.25, 0.3) is 0 Å². The zero-order chi connectivity index (χ0) is 17.6. The second-order valence-corrected chi connectivity index (χ2v) is 8.07. The van der Waals surface area contributed by atoms with Gasteiger partial charge < -0.3 is 5.32 Å². The first-order valence-corrected chi connectivity index (χ1v) is 9.90. The van der Waals surface area contributed by atoms with Gasteiger partial charge in [-0.2, -0.15) is 0 Å². The predicted octanol–water partition coefficient (Wildman–Crippen LogP) is 2.75. The molecule has 1 N–H and O–H groups in total. The van der Waals surface area contributed by atoms with Gasteiger partial charge in [-0.05, 0) is 37.3 Å². The van der Waals surface area contributed by atoms with Crippen LogP contribution in [0.5, 0.6) is 0 Å². The van der Waals surface area contributed by atoms with Gasteiger partial charge in [-0.15, -0.1) is 0 Å². The second-order valence-electron chi connectivity index (χ2n) is 8.07. The predicted molar refractivity (Wildman–Crippen MR) is 102 cm³/mol. The molecular formula is C21H33N3O. The summed E-state index contributed by atoms with van der Waals surface area (Å²) in [5.74, 6) is 0.882.